The van der Waals surface area contributed by atoms with Gasteiger partial charge in [-0.05, 0) is 49.2 Å². The molecule has 7 nitrogen and oxygen atoms in total. The van der Waals surface area contributed by atoms with Crippen LogP contribution in [0.15, 0.2) is 60.8 Å². The fourth-order valence-corrected chi connectivity index (χ4v) is 3.55. The van der Waals surface area contributed by atoms with Crippen molar-refractivity contribution in [1.82, 2.24) is 9.47 Å². The number of methoxy groups -OCH3 is 1. The number of nitrogens with zero attached hydrogens (tertiary/aromatic N) is 3. The molecule has 0 atom stereocenters. The third-order valence-corrected chi connectivity index (χ3v) is 5.23. The summed E-state index contributed by atoms with van der Waals surface area (Å²) in [5, 5.41) is 11.3. The molecule has 2 aromatic carbocycles. The predicted octanol–water partition coefficient (Wildman–Crippen LogP) is 4.57. The largest absolute Gasteiger partial charge is 0.385 e. The number of carbonyl (C=O) groups excluding carboxylic acids is 1. The molecule has 0 spiro atoms. The van der Waals surface area contributed by atoms with Crippen molar-refractivity contribution < 1.29 is 18.8 Å². The van der Waals surface area contributed by atoms with E-state index in [-0.39, 0.29) is 23.0 Å². The second-order valence-electron chi connectivity index (χ2n) is 7.59. The number of nitro benzene ring substituents is 1. The highest BCUT2D eigenvalue weighted by molar-refractivity contribution is 5.95. The number of nitro groups is 1. The highest BCUT2D eigenvalue weighted by Crippen LogP contribution is 2.21. The van der Waals surface area contributed by atoms with Crippen LogP contribution in [0.25, 0.3) is 0 Å². The number of hydrogen-bond acceptors (Lipinski definition) is 4. The maximum Gasteiger partial charge on any atom is 0.273 e. The summed E-state index contributed by atoms with van der Waals surface area (Å²) >= 11 is 0. The maximum absolute atomic E-state index is 13.6. The summed E-state index contributed by atoms with van der Waals surface area (Å²) in [6, 6.07) is 14.7. The van der Waals surface area contributed by atoms with Gasteiger partial charge >= 0.3 is 0 Å². The lowest BCUT2D eigenvalue weighted by atomic mass is 10.1. The van der Waals surface area contributed by atoms with E-state index in [9.17, 15) is 19.3 Å². The zero-order valence-electron chi connectivity index (χ0n) is 18.2. The molecule has 32 heavy (non-hydrogen) atoms. The van der Waals surface area contributed by atoms with Crippen LogP contribution in [0.4, 0.5) is 10.1 Å². The fourth-order valence-electron chi connectivity index (χ4n) is 3.55. The number of ether oxygens (including phenoxy) is 1. The van der Waals surface area contributed by atoms with Crippen LogP contribution in [0.1, 0.15) is 33.6 Å². The van der Waals surface area contributed by atoms with Gasteiger partial charge in [0.25, 0.3) is 11.6 Å². The Balaban J connectivity index is 1.84. The second-order valence-corrected chi connectivity index (χ2v) is 7.59. The monoisotopic (exact) mass is 439 g/mol. The molecular weight excluding hydrogens is 413 g/mol. The lowest BCUT2D eigenvalue weighted by molar-refractivity contribution is -0.385. The van der Waals surface area contributed by atoms with Gasteiger partial charge in [-0.2, -0.15) is 0 Å². The molecule has 168 valence electrons. The highest BCUT2D eigenvalue weighted by Gasteiger charge is 2.21. The number of carbonyl (C=O) groups is 1. The van der Waals surface area contributed by atoms with E-state index < -0.39 is 4.92 Å². The third kappa shape index (κ3) is 5.79. The van der Waals surface area contributed by atoms with E-state index in [1.807, 2.05) is 29.0 Å². The SMILES string of the molecule is COCCCN(Cc1cccn1Cc1cccc(F)c1)C(=O)c1ccc(C)c([N+](=O)[O-])c1. The quantitative estimate of drug-likeness (QED) is 0.263. The van der Waals surface area contributed by atoms with E-state index in [1.54, 1.807) is 37.1 Å². The van der Waals surface area contributed by atoms with Gasteiger partial charge in [0.15, 0.2) is 0 Å². The van der Waals surface area contributed by atoms with Crippen molar-refractivity contribution >= 4 is 11.6 Å². The molecule has 0 aliphatic carbocycles. The molecule has 3 aromatic rings. The van der Waals surface area contributed by atoms with Crippen LogP contribution in [0.5, 0.6) is 0 Å². The van der Waals surface area contributed by atoms with E-state index in [4.69, 9.17) is 4.74 Å². The second kappa shape index (κ2) is 10.7. The number of hydrogen-bond donors (Lipinski definition) is 0. The third-order valence-electron chi connectivity index (χ3n) is 5.23. The number of benzene rings is 2. The Labute approximate surface area is 186 Å². The maximum atomic E-state index is 13.6. The average Bonchev–Trinajstić information content (AvgIpc) is 3.19. The van der Waals surface area contributed by atoms with Crippen molar-refractivity contribution in [2.24, 2.45) is 0 Å². The van der Waals surface area contributed by atoms with Gasteiger partial charge < -0.3 is 14.2 Å². The first-order valence-corrected chi connectivity index (χ1v) is 10.3. The molecule has 0 aliphatic rings. The first-order valence-electron chi connectivity index (χ1n) is 10.3. The first-order chi connectivity index (χ1) is 15.4. The van der Waals surface area contributed by atoms with E-state index in [2.05, 4.69) is 0 Å². The van der Waals surface area contributed by atoms with Crippen molar-refractivity contribution in [3.8, 4) is 0 Å². The molecule has 0 radical (unpaired) electrons. The van der Waals surface area contributed by atoms with Crippen LogP contribution in [0.3, 0.4) is 0 Å². The molecule has 0 unspecified atom stereocenters. The number of rotatable bonds is 10. The number of aromatic nitrogens is 1. The summed E-state index contributed by atoms with van der Waals surface area (Å²) in [4.78, 5) is 25.8. The zero-order chi connectivity index (χ0) is 23.1. The predicted molar refractivity (Wildman–Crippen MR) is 119 cm³/mol. The van der Waals surface area contributed by atoms with E-state index in [1.165, 1.54) is 18.2 Å². The lowest BCUT2D eigenvalue weighted by Crippen LogP contribution is -2.33. The minimum atomic E-state index is -0.481. The molecule has 0 fully saturated rings. The Kier molecular flexibility index (Phi) is 7.72. The van der Waals surface area contributed by atoms with Gasteiger partial charge in [-0.25, -0.2) is 4.39 Å². The molecule has 8 heteroatoms. The molecule has 0 saturated heterocycles. The van der Waals surface area contributed by atoms with Crippen LogP contribution in [0.2, 0.25) is 0 Å². The Bertz CT molecular complexity index is 1100. The minimum Gasteiger partial charge on any atom is -0.385 e. The smallest absolute Gasteiger partial charge is 0.273 e. The van der Waals surface area contributed by atoms with Crippen molar-refractivity contribution in [2.45, 2.75) is 26.4 Å². The average molecular weight is 439 g/mol. The molecule has 1 aromatic heterocycles. The summed E-state index contributed by atoms with van der Waals surface area (Å²) in [5.74, 6) is -0.587. The number of amides is 1. The molecule has 3 rings (SSSR count). The molecule has 0 bridgehead atoms. The summed E-state index contributed by atoms with van der Waals surface area (Å²) in [7, 11) is 1.60. The lowest BCUT2D eigenvalue weighted by Gasteiger charge is -2.24. The van der Waals surface area contributed by atoms with Crippen molar-refractivity contribution in [1.29, 1.82) is 0 Å². The van der Waals surface area contributed by atoms with Crippen LogP contribution in [-0.2, 0) is 17.8 Å². The van der Waals surface area contributed by atoms with Gasteiger partial charge in [0.1, 0.15) is 5.82 Å². The Morgan fingerprint density at radius 2 is 2.00 bits per heavy atom. The van der Waals surface area contributed by atoms with Crippen molar-refractivity contribution in [2.75, 3.05) is 20.3 Å². The van der Waals surface area contributed by atoms with Gasteiger partial charge in [0, 0.05) is 55.9 Å². The molecule has 0 N–H and O–H groups in total. The molecular formula is C24H26FN3O4. The van der Waals surface area contributed by atoms with Gasteiger partial charge in [0.05, 0.1) is 11.5 Å². The highest BCUT2D eigenvalue weighted by atomic mass is 19.1. The van der Waals surface area contributed by atoms with Gasteiger partial charge in [-0.1, -0.05) is 18.2 Å². The Morgan fingerprint density at radius 1 is 1.19 bits per heavy atom. The van der Waals surface area contributed by atoms with E-state index in [0.717, 1.165) is 11.3 Å². The van der Waals surface area contributed by atoms with Gasteiger partial charge in [-0.15, -0.1) is 0 Å². The Morgan fingerprint density at radius 3 is 2.72 bits per heavy atom. The van der Waals surface area contributed by atoms with Gasteiger partial charge in [-0.3, -0.25) is 14.9 Å². The topological polar surface area (TPSA) is 77.6 Å². The summed E-state index contributed by atoms with van der Waals surface area (Å²) in [6.07, 6.45) is 2.51. The van der Waals surface area contributed by atoms with Crippen molar-refractivity contribution in [3.63, 3.8) is 0 Å². The zero-order valence-corrected chi connectivity index (χ0v) is 18.2. The van der Waals surface area contributed by atoms with Crippen LogP contribution >= 0.6 is 0 Å². The van der Waals surface area contributed by atoms with Crippen LogP contribution < -0.4 is 0 Å². The summed E-state index contributed by atoms with van der Waals surface area (Å²) in [6.45, 7) is 3.34. The van der Waals surface area contributed by atoms with E-state index >= 15 is 0 Å². The minimum absolute atomic E-state index is 0.0813. The normalized spacial score (nSPS) is 10.8. The van der Waals surface area contributed by atoms with Crippen molar-refractivity contribution in [3.05, 3.63) is 99.1 Å². The molecule has 1 heterocycles. The summed E-state index contributed by atoms with van der Waals surface area (Å²) < 4.78 is 20.7. The molecule has 0 saturated carbocycles. The van der Waals surface area contributed by atoms with Crippen LogP contribution in [-0.4, -0.2) is 40.6 Å². The summed E-state index contributed by atoms with van der Waals surface area (Å²) in [5.41, 5.74) is 2.38. The number of aryl methyl sites for hydroxylation is 1. The van der Waals surface area contributed by atoms with E-state index in [0.29, 0.717) is 38.2 Å². The van der Waals surface area contributed by atoms with Crippen LogP contribution in [0, 0.1) is 22.9 Å². The Hall–Kier alpha value is -3.52. The standard InChI is InChI=1S/C24H26FN3O4/c1-18-9-10-20(15-23(18)28(30)31)24(29)27(12-5-13-32-2)17-22-8-4-11-26(22)16-19-6-3-7-21(25)14-19/h3-4,6-11,14-15H,5,12-13,16-17H2,1-2H3. The number of halogens is 1. The fraction of sp³-hybridized carbons (Fsp3) is 0.292. The molecule has 1 amide bonds. The molecule has 0 aliphatic heterocycles. The van der Waals surface area contributed by atoms with Gasteiger partial charge in [0.2, 0.25) is 0 Å². The first kappa shape index (κ1) is 23.1.